The van der Waals surface area contributed by atoms with Crippen LogP contribution in [0.4, 0.5) is 0 Å². The molecule has 0 aliphatic carbocycles. The van der Waals surface area contributed by atoms with Gasteiger partial charge in [0.1, 0.15) is 22.6 Å². The van der Waals surface area contributed by atoms with E-state index in [0.717, 1.165) is 5.56 Å². The lowest BCUT2D eigenvalue weighted by atomic mass is 9.87. The number of ether oxygens (including phenoxy) is 2. The molecule has 0 atom stereocenters. The summed E-state index contributed by atoms with van der Waals surface area (Å²) in [6.07, 6.45) is 0. The molecule has 0 radical (unpaired) electrons. The first-order valence-corrected chi connectivity index (χ1v) is 9.97. The van der Waals surface area contributed by atoms with Gasteiger partial charge in [0, 0.05) is 18.0 Å². The third kappa shape index (κ3) is 5.51. The van der Waals surface area contributed by atoms with E-state index in [1.165, 1.54) is 12.1 Å². The Morgan fingerprint density at radius 2 is 1.68 bits per heavy atom. The van der Waals surface area contributed by atoms with Crippen molar-refractivity contribution in [2.75, 3.05) is 13.2 Å². The highest BCUT2D eigenvalue weighted by molar-refractivity contribution is 5.96. The van der Waals surface area contributed by atoms with E-state index in [1.54, 1.807) is 19.1 Å². The molecule has 3 aromatic rings. The Morgan fingerprint density at radius 1 is 1.00 bits per heavy atom. The largest absolute Gasteiger partial charge is 0.482 e. The minimum absolute atomic E-state index is 0.0309. The first-order valence-electron chi connectivity index (χ1n) is 9.97. The lowest BCUT2D eigenvalue weighted by molar-refractivity contribution is -0.136. The fourth-order valence-electron chi connectivity index (χ4n) is 2.92. The number of esters is 1. The summed E-state index contributed by atoms with van der Waals surface area (Å²) in [5.41, 5.74) is 0.565. The molecule has 0 spiro atoms. The summed E-state index contributed by atoms with van der Waals surface area (Å²) < 4.78 is 16.0. The van der Waals surface area contributed by atoms with Crippen molar-refractivity contribution in [3.63, 3.8) is 0 Å². The van der Waals surface area contributed by atoms with Crippen LogP contribution in [-0.4, -0.2) is 25.0 Å². The highest BCUT2D eigenvalue weighted by Crippen LogP contribution is 2.24. The molecule has 0 aliphatic rings. The molecular formula is C24H25NO6. The Bertz CT molecular complexity index is 1160. The summed E-state index contributed by atoms with van der Waals surface area (Å²) >= 11 is 0. The first-order chi connectivity index (χ1) is 14.7. The molecule has 7 nitrogen and oxygen atoms in total. The smallest absolute Gasteiger partial charge is 0.349 e. The average Bonchev–Trinajstić information content (AvgIpc) is 2.71. The molecule has 1 heterocycles. The lowest BCUT2D eigenvalue weighted by Crippen LogP contribution is -2.27. The zero-order valence-corrected chi connectivity index (χ0v) is 18.0. The van der Waals surface area contributed by atoms with Crippen LogP contribution in [0.3, 0.4) is 0 Å². The quantitative estimate of drug-likeness (QED) is 0.368. The minimum atomic E-state index is -0.760. The molecule has 0 saturated heterocycles. The van der Waals surface area contributed by atoms with Crippen LogP contribution in [0.25, 0.3) is 11.0 Å². The molecule has 2 aromatic carbocycles. The van der Waals surface area contributed by atoms with Gasteiger partial charge in [-0.15, -0.1) is 0 Å². The molecule has 0 aliphatic heterocycles. The van der Waals surface area contributed by atoms with E-state index in [0.29, 0.717) is 17.7 Å². The average molecular weight is 423 g/mol. The van der Waals surface area contributed by atoms with E-state index in [-0.39, 0.29) is 28.9 Å². The molecular weight excluding hydrogens is 398 g/mol. The topological polar surface area (TPSA) is 94.8 Å². The summed E-state index contributed by atoms with van der Waals surface area (Å²) in [5, 5.41) is 3.10. The van der Waals surface area contributed by atoms with Crippen molar-refractivity contribution >= 4 is 22.8 Å². The molecule has 1 amide bonds. The minimum Gasteiger partial charge on any atom is -0.482 e. The van der Waals surface area contributed by atoms with Crippen LogP contribution in [-0.2, 0) is 10.2 Å². The fraction of sp³-hybridized carbons (Fsp3) is 0.292. The Kier molecular flexibility index (Phi) is 6.44. The van der Waals surface area contributed by atoms with Crippen molar-refractivity contribution < 1.29 is 23.5 Å². The van der Waals surface area contributed by atoms with Gasteiger partial charge in [-0.1, -0.05) is 32.9 Å². The summed E-state index contributed by atoms with van der Waals surface area (Å²) in [5.74, 6) is -0.327. The van der Waals surface area contributed by atoms with E-state index in [9.17, 15) is 14.4 Å². The Balaban J connectivity index is 1.66. The van der Waals surface area contributed by atoms with E-state index in [4.69, 9.17) is 13.9 Å². The van der Waals surface area contributed by atoms with Crippen LogP contribution in [0.1, 0.15) is 43.6 Å². The lowest BCUT2D eigenvalue weighted by Gasteiger charge is -2.19. The molecule has 31 heavy (non-hydrogen) atoms. The van der Waals surface area contributed by atoms with Gasteiger partial charge < -0.3 is 19.2 Å². The molecule has 162 valence electrons. The predicted octanol–water partition coefficient (Wildman–Crippen LogP) is 3.82. The number of rotatable bonds is 6. The number of carbonyl (C=O) groups excluding carboxylic acids is 2. The van der Waals surface area contributed by atoms with E-state index in [2.05, 4.69) is 26.1 Å². The molecule has 7 heteroatoms. The Labute approximate surface area is 180 Å². The van der Waals surface area contributed by atoms with Crippen LogP contribution in [0.5, 0.6) is 11.5 Å². The van der Waals surface area contributed by atoms with E-state index in [1.807, 2.05) is 24.3 Å². The van der Waals surface area contributed by atoms with Gasteiger partial charge in [-0.2, -0.15) is 0 Å². The second-order valence-electron chi connectivity index (χ2n) is 8.04. The van der Waals surface area contributed by atoms with Crippen LogP contribution in [0, 0.1) is 0 Å². The third-order valence-electron chi connectivity index (χ3n) is 4.60. The molecule has 0 unspecified atom stereocenters. The number of carbonyl (C=O) groups is 2. The Hall–Kier alpha value is -3.61. The van der Waals surface area contributed by atoms with Crippen LogP contribution >= 0.6 is 0 Å². The van der Waals surface area contributed by atoms with Gasteiger partial charge >= 0.3 is 11.6 Å². The molecule has 3 rings (SSSR count). The van der Waals surface area contributed by atoms with Crippen LogP contribution in [0.2, 0.25) is 0 Å². The van der Waals surface area contributed by atoms with E-state index < -0.39 is 17.5 Å². The number of benzene rings is 2. The molecule has 1 aromatic heterocycles. The summed E-state index contributed by atoms with van der Waals surface area (Å²) in [6, 6.07) is 13.6. The summed E-state index contributed by atoms with van der Waals surface area (Å²) in [4.78, 5) is 36.1. The van der Waals surface area contributed by atoms with Gasteiger partial charge in [0.25, 0.3) is 5.91 Å². The third-order valence-corrected chi connectivity index (χ3v) is 4.60. The Morgan fingerprint density at radius 3 is 2.32 bits per heavy atom. The maximum Gasteiger partial charge on any atom is 0.349 e. The van der Waals surface area contributed by atoms with Crippen molar-refractivity contribution in [3.8, 4) is 11.5 Å². The number of hydrogen-bond acceptors (Lipinski definition) is 6. The number of nitrogens with one attached hydrogen (secondary N) is 1. The molecule has 1 N–H and O–H groups in total. The SMILES string of the molecule is CCNC(=O)c1cc2ccc(OC(=O)COc3ccc(C(C)(C)C)cc3)cc2oc1=O. The molecule has 0 bridgehead atoms. The van der Waals surface area contributed by atoms with Gasteiger partial charge in [0.15, 0.2) is 6.61 Å². The van der Waals surface area contributed by atoms with Crippen molar-refractivity contribution in [2.45, 2.75) is 33.1 Å². The maximum absolute atomic E-state index is 12.1. The first kappa shape index (κ1) is 22.1. The van der Waals surface area contributed by atoms with Crippen molar-refractivity contribution in [2.24, 2.45) is 0 Å². The number of amides is 1. The summed E-state index contributed by atoms with van der Waals surface area (Å²) in [6.45, 7) is 8.23. The van der Waals surface area contributed by atoms with Gasteiger partial charge in [-0.25, -0.2) is 9.59 Å². The molecule has 0 fully saturated rings. The van der Waals surface area contributed by atoms with Gasteiger partial charge in [-0.05, 0) is 48.2 Å². The van der Waals surface area contributed by atoms with Crippen LogP contribution in [0.15, 0.2) is 57.7 Å². The highest BCUT2D eigenvalue weighted by atomic mass is 16.6. The van der Waals surface area contributed by atoms with Gasteiger partial charge in [0.05, 0.1) is 0 Å². The van der Waals surface area contributed by atoms with Gasteiger partial charge in [0.2, 0.25) is 0 Å². The molecule has 0 saturated carbocycles. The number of fused-ring (bicyclic) bond motifs is 1. The van der Waals surface area contributed by atoms with Gasteiger partial charge in [-0.3, -0.25) is 4.79 Å². The normalized spacial score (nSPS) is 11.2. The number of hydrogen-bond donors (Lipinski definition) is 1. The maximum atomic E-state index is 12.1. The van der Waals surface area contributed by atoms with Crippen molar-refractivity contribution in [1.82, 2.24) is 5.32 Å². The van der Waals surface area contributed by atoms with Crippen molar-refractivity contribution in [3.05, 3.63) is 70.1 Å². The zero-order valence-electron chi connectivity index (χ0n) is 18.0. The fourth-order valence-corrected chi connectivity index (χ4v) is 2.92. The standard InChI is InChI=1S/C24H25NO6/c1-5-25-22(27)19-12-15-6-9-18(13-20(15)31-23(19)28)30-21(26)14-29-17-10-7-16(8-11-17)24(2,3)4/h6-13H,5,14H2,1-4H3,(H,25,27). The van der Waals surface area contributed by atoms with Crippen LogP contribution < -0.4 is 20.4 Å². The summed E-state index contributed by atoms with van der Waals surface area (Å²) in [7, 11) is 0. The zero-order chi connectivity index (χ0) is 22.6. The highest BCUT2D eigenvalue weighted by Gasteiger charge is 2.15. The van der Waals surface area contributed by atoms with E-state index >= 15 is 0 Å². The monoisotopic (exact) mass is 423 g/mol. The second-order valence-corrected chi connectivity index (χ2v) is 8.04. The predicted molar refractivity (Wildman–Crippen MR) is 117 cm³/mol. The van der Waals surface area contributed by atoms with Crippen molar-refractivity contribution in [1.29, 1.82) is 0 Å². The second kappa shape index (κ2) is 9.04.